The van der Waals surface area contributed by atoms with Crippen molar-refractivity contribution < 1.29 is 9.53 Å². The highest BCUT2D eigenvalue weighted by Gasteiger charge is 2.39. The van der Waals surface area contributed by atoms with Gasteiger partial charge in [-0.3, -0.25) is 14.2 Å². The molecule has 0 saturated heterocycles. The van der Waals surface area contributed by atoms with Crippen molar-refractivity contribution in [1.82, 2.24) is 4.57 Å². The Morgan fingerprint density at radius 2 is 2.07 bits per heavy atom. The van der Waals surface area contributed by atoms with Gasteiger partial charge in [0.1, 0.15) is 12.3 Å². The maximum Gasteiger partial charge on any atom is 0.308 e. The summed E-state index contributed by atoms with van der Waals surface area (Å²) in [6.45, 7) is 0.560. The van der Waals surface area contributed by atoms with Gasteiger partial charge >= 0.3 is 4.87 Å². The lowest BCUT2D eigenvalue weighted by atomic mass is 9.84. The quantitative estimate of drug-likeness (QED) is 0.568. The molecule has 2 aliphatic rings. The van der Waals surface area contributed by atoms with Crippen molar-refractivity contribution in [2.45, 2.75) is 17.5 Å². The molecule has 1 N–H and O–H groups in total. The van der Waals surface area contributed by atoms with Crippen molar-refractivity contribution in [1.29, 1.82) is 0 Å². The molecule has 3 aromatic rings. The Morgan fingerprint density at radius 3 is 2.93 bits per heavy atom. The van der Waals surface area contributed by atoms with Gasteiger partial charge < -0.3 is 10.1 Å². The van der Waals surface area contributed by atoms with Gasteiger partial charge in [-0.15, -0.1) is 11.8 Å². The van der Waals surface area contributed by atoms with E-state index in [9.17, 15) is 9.59 Å². The van der Waals surface area contributed by atoms with Crippen LogP contribution in [0.5, 0.6) is 5.75 Å². The molecule has 154 valence electrons. The van der Waals surface area contributed by atoms with Crippen LogP contribution in [-0.4, -0.2) is 22.8 Å². The van der Waals surface area contributed by atoms with Crippen molar-refractivity contribution in [2.75, 3.05) is 17.7 Å². The standard InChI is InChI=1S/C21H16Cl2N2O3S2/c22-12-5-6-14(23)15(7-12)24-17(26)8-25-20-19(30-21(25)27)18-11(10-29-20)9-28-16-4-2-1-3-13(16)18/h1-7,11,18H,8-10H2,(H,24,26)/t11-,18-/m0/s1. The SMILES string of the molecule is O=C(Cn1c2c(sc1=O)[C@@H]1c3ccccc3OC[C@H]1CS2)Nc1cc(Cl)ccc1Cl. The Bertz CT molecular complexity index is 1210. The first-order valence-corrected chi connectivity index (χ1v) is 11.9. The third-order valence-corrected chi connectivity index (χ3v) is 8.34. The first-order valence-electron chi connectivity index (χ1n) is 9.34. The van der Waals surface area contributed by atoms with Gasteiger partial charge in [0.25, 0.3) is 0 Å². The number of hydrogen-bond donors (Lipinski definition) is 1. The van der Waals surface area contributed by atoms with E-state index in [2.05, 4.69) is 11.4 Å². The molecular formula is C21H16Cl2N2O3S2. The minimum Gasteiger partial charge on any atom is -0.493 e. The topological polar surface area (TPSA) is 60.3 Å². The summed E-state index contributed by atoms with van der Waals surface area (Å²) in [5, 5.41) is 4.49. The summed E-state index contributed by atoms with van der Waals surface area (Å²) in [6, 6.07) is 12.8. The number of rotatable bonds is 3. The first-order chi connectivity index (χ1) is 14.5. The number of hydrogen-bond acceptors (Lipinski definition) is 5. The average Bonchev–Trinajstić information content (AvgIpc) is 3.05. The fourth-order valence-electron chi connectivity index (χ4n) is 3.92. The molecule has 9 heteroatoms. The van der Waals surface area contributed by atoms with E-state index in [4.69, 9.17) is 27.9 Å². The van der Waals surface area contributed by atoms with Crippen LogP contribution in [-0.2, 0) is 11.3 Å². The van der Waals surface area contributed by atoms with E-state index < -0.39 is 0 Å². The summed E-state index contributed by atoms with van der Waals surface area (Å²) in [5.74, 6) is 1.82. The van der Waals surface area contributed by atoms with Gasteiger partial charge in [0, 0.05) is 33.1 Å². The van der Waals surface area contributed by atoms with E-state index in [0.717, 1.165) is 27.0 Å². The number of nitrogens with zero attached hydrogens (tertiary/aromatic N) is 1. The number of aromatic nitrogens is 1. The molecule has 0 aliphatic carbocycles. The number of carbonyl (C=O) groups excluding carboxylic acids is 1. The second kappa shape index (κ2) is 7.96. The molecule has 0 radical (unpaired) electrons. The number of ether oxygens (including phenoxy) is 1. The lowest BCUT2D eigenvalue weighted by molar-refractivity contribution is -0.116. The maximum atomic E-state index is 12.8. The highest BCUT2D eigenvalue weighted by molar-refractivity contribution is 7.99. The van der Waals surface area contributed by atoms with Crippen molar-refractivity contribution in [3.8, 4) is 5.75 Å². The van der Waals surface area contributed by atoms with Crippen molar-refractivity contribution in [3.05, 3.63) is 72.6 Å². The van der Waals surface area contributed by atoms with Gasteiger partial charge in [-0.1, -0.05) is 52.7 Å². The number of anilines is 1. The van der Waals surface area contributed by atoms with Crippen LogP contribution in [0.25, 0.3) is 0 Å². The summed E-state index contributed by atoms with van der Waals surface area (Å²) >= 11 is 15.0. The molecule has 3 heterocycles. The highest BCUT2D eigenvalue weighted by atomic mass is 35.5. The Labute approximate surface area is 191 Å². The zero-order valence-corrected chi connectivity index (χ0v) is 18.7. The summed E-state index contributed by atoms with van der Waals surface area (Å²) in [5.41, 5.74) is 1.54. The van der Waals surface area contributed by atoms with E-state index in [1.165, 1.54) is 11.3 Å². The molecule has 1 amide bonds. The number of nitrogens with one attached hydrogen (secondary N) is 1. The second-order valence-corrected chi connectivity index (χ2v) is 10.0. The summed E-state index contributed by atoms with van der Waals surface area (Å²) < 4.78 is 7.48. The van der Waals surface area contributed by atoms with E-state index in [0.29, 0.717) is 28.3 Å². The second-order valence-electron chi connectivity index (χ2n) is 7.19. The van der Waals surface area contributed by atoms with Crippen LogP contribution in [0, 0.1) is 5.92 Å². The van der Waals surface area contributed by atoms with E-state index in [1.54, 1.807) is 34.5 Å². The largest absolute Gasteiger partial charge is 0.493 e. The predicted octanol–water partition coefficient (Wildman–Crippen LogP) is 5.10. The Kier molecular flexibility index (Phi) is 5.31. The van der Waals surface area contributed by atoms with Crippen LogP contribution >= 0.6 is 46.3 Å². The van der Waals surface area contributed by atoms with Gasteiger partial charge in [-0.05, 0) is 24.3 Å². The third kappa shape index (κ3) is 3.54. The van der Waals surface area contributed by atoms with Gasteiger partial charge in [0.2, 0.25) is 5.91 Å². The molecule has 1 aromatic heterocycles. The van der Waals surface area contributed by atoms with Gasteiger partial charge in [-0.25, -0.2) is 0 Å². The van der Waals surface area contributed by atoms with Crippen LogP contribution < -0.4 is 14.9 Å². The molecule has 0 fully saturated rings. The van der Waals surface area contributed by atoms with Crippen LogP contribution in [0.4, 0.5) is 5.69 Å². The van der Waals surface area contributed by atoms with E-state index >= 15 is 0 Å². The van der Waals surface area contributed by atoms with Gasteiger partial charge in [-0.2, -0.15) is 0 Å². The molecule has 5 nitrogen and oxygen atoms in total. The lowest BCUT2D eigenvalue weighted by Crippen LogP contribution is -2.31. The van der Waals surface area contributed by atoms with Crippen LogP contribution in [0.2, 0.25) is 10.0 Å². The predicted molar refractivity (Wildman–Crippen MR) is 122 cm³/mol. The zero-order chi connectivity index (χ0) is 20.8. The normalized spacial score (nSPS) is 19.3. The number of fused-ring (bicyclic) bond motifs is 5. The molecular weight excluding hydrogens is 463 g/mol. The number of para-hydroxylation sites is 1. The number of halogens is 2. The highest BCUT2D eigenvalue weighted by Crippen LogP contribution is 2.50. The van der Waals surface area contributed by atoms with Crippen molar-refractivity contribution in [2.24, 2.45) is 5.92 Å². The summed E-state index contributed by atoms with van der Waals surface area (Å²) in [4.78, 5) is 26.4. The number of amides is 1. The van der Waals surface area contributed by atoms with Crippen molar-refractivity contribution in [3.63, 3.8) is 0 Å². The zero-order valence-electron chi connectivity index (χ0n) is 15.6. The monoisotopic (exact) mass is 478 g/mol. The minimum absolute atomic E-state index is 0.0734. The Morgan fingerprint density at radius 1 is 1.23 bits per heavy atom. The molecule has 2 aliphatic heterocycles. The van der Waals surface area contributed by atoms with Gasteiger partial charge in [0.05, 0.1) is 22.3 Å². The number of benzene rings is 2. The molecule has 0 spiro atoms. The van der Waals surface area contributed by atoms with E-state index in [1.807, 2.05) is 18.2 Å². The first kappa shape index (κ1) is 20.0. The molecule has 0 bridgehead atoms. The smallest absolute Gasteiger partial charge is 0.308 e. The maximum absolute atomic E-state index is 12.8. The van der Waals surface area contributed by atoms with Crippen molar-refractivity contribution >= 4 is 57.9 Å². The molecule has 2 aromatic carbocycles. The summed E-state index contributed by atoms with van der Waals surface area (Å²) in [6.07, 6.45) is 0. The number of thiazole rings is 1. The fourth-order valence-corrected chi connectivity index (χ4v) is 6.95. The Balaban J connectivity index is 1.46. The molecule has 5 rings (SSSR count). The van der Waals surface area contributed by atoms with Crippen LogP contribution in [0.3, 0.4) is 0 Å². The fraction of sp³-hybridized carbons (Fsp3) is 0.238. The van der Waals surface area contributed by atoms with E-state index in [-0.39, 0.29) is 23.2 Å². The minimum atomic E-state index is -0.322. The van der Waals surface area contributed by atoms with Crippen LogP contribution in [0.1, 0.15) is 16.4 Å². The molecule has 30 heavy (non-hydrogen) atoms. The molecule has 0 unspecified atom stereocenters. The summed E-state index contributed by atoms with van der Waals surface area (Å²) in [7, 11) is 0. The Hall–Kier alpha value is -1.93. The molecule has 0 saturated carbocycles. The van der Waals surface area contributed by atoms with Crippen LogP contribution in [0.15, 0.2) is 52.3 Å². The molecule has 2 atom stereocenters. The number of thioether (sulfide) groups is 1. The lowest BCUT2D eigenvalue weighted by Gasteiger charge is -2.36. The van der Waals surface area contributed by atoms with Gasteiger partial charge in [0.15, 0.2) is 0 Å². The number of carbonyl (C=O) groups is 1. The average molecular weight is 479 g/mol. The third-order valence-electron chi connectivity index (χ3n) is 5.27.